The Kier molecular flexibility index (Phi) is 5.46. The number of rotatable bonds is 6. The van der Waals surface area contributed by atoms with Crippen molar-refractivity contribution in [2.24, 2.45) is 5.92 Å². The molecule has 2 aromatic rings. The van der Waals surface area contributed by atoms with Crippen LogP contribution in [0.1, 0.15) is 26.5 Å². The van der Waals surface area contributed by atoms with E-state index in [0.29, 0.717) is 0 Å². The van der Waals surface area contributed by atoms with Crippen LogP contribution >= 0.6 is 0 Å². The first-order chi connectivity index (χ1) is 13.3. The van der Waals surface area contributed by atoms with Gasteiger partial charge in [0.25, 0.3) is 0 Å². The molecule has 1 fully saturated rings. The molecule has 28 heavy (non-hydrogen) atoms. The van der Waals surface area contributed by atoms with Gasteiger partial charge in [0.05, 0.1) is 18.9 Å². The molecular formula is C17H20FN5O5. The van der Waals surface area contributed by atoms with Crippen LogP contribution in [-0.4, -0.2) is 55.7 Å². The summed E-state index contributed by atoms with van der Waals surface area (Å²) in [5, 5.41) is 10.5. The fourth-order valence-electron chi connectivity index (χ4n) is 2.80. The van der Waals surface area contributed by atoms with E-state index in [4.69, 9.17) is 26.4 Å². The second-order valence-corrected chi connectivity index (χ2v) is 6.64. The third-order valence-corrected chi connectivity index (χ3v) is 4.36. The highest BCUT2D eigenvalue weighted by Gasteiger charge is 2.48. The van der Waals surface area contributed by atoms with Crippen LogP contribution in [0.5, 0.6) is 0 Å². The summed E-state index contributed by atoms with van der Waals surface area (Å²) in [5.41, 5.74) is 4.48. The molecule has 3 rings (SSSR count). The summed E-state index contributed by atoms with van der Waals surface area (Å²) in [7, 11) is 0. The number of aliphatic hydroxyl groups excluding tert-OH is 1. The summed E-state index contributed by atoms with van der Waals surface area (Å²) in [6.45, 7) is 2.83. The van der Waals surface area contributed by atoms with Crippen molar-refractivity contribution in [3.05, 3.63) is 12.4 Å². The number of anilines is 1. The molecule has 0 radical (unpaired) electrons. The molecule has 0 aromatic carbocycles. The van der Waals surface area contributed by atoms with E-state index in [1.807, 2.05) is 0 Å². The number of carbonyl (C=O) groups excluding carboxylic acids is 1. The first-order valence-electron chi connectivity index (χ1n) is 8.51. The molecule has 10 nitrogen and oxygen atoms in total. The normalized spacial score (nSPS) is 24.6. The minimum atomic E-state index is -1.48. The van der Waals surface area contributed by atoms with Gasteiger partial charge in [-0.2, -0.15) is 14.4 Å². The zero-order valence-corrected chi connectivity index (χ0v) is 15.3. The van der Waals surface area contributed by atoms with Crippen LogP contribution in [0.4, 0.5) is 10.2 Å². The molecule has 1 aliphatic heterocycles. The Labute approximate surface area is 159 Å². The number of fused-ring (bicyclic) bond motifs is 1. The maximum absolute atomic E-state index is 13.5. The highest BCUT2D eigenvalue weighted by molar-refractivity contribution is 5.81. The van der Waals surface area contributed by atoms with Gasteiger partial charge < -0.3 is 25.1 Å². The first kappa shape index (κ1) is 19.9. The lowest BCUT2D eigenvalue weighted by atomic mass is 9.99. The minimum absolute atomic E-state index is 0.0797. The molecule has 0 amide bonds. The van der Waals surface area contributed by atoms with E-state index in [1.165, 1.54) is 10.9 Å². The maximum atomic E-state index is 13.5. The van der Waals surface area contributed by atoms with Gasteiger partial charge >= 0.3 is 12.0 Å². The van der Waals surface area contributed by atoms with Crippen LogP contribution in [0.2, 0.25) is 0 Å². The number of nitrogens with two attached hydrogens (primary N) is 1. The van der Waals surface area contributed by atoms with Crippen LogP contribution in [0, 0.1) is 24.3 Å². The number of aromatic nitrogens is 4. The molecule has 0 spiro atoms. The Hall–Kier alpha value is -2.81. The number of nitrogen functional groups attached to an aromatic ring is 1. The van der Waals surface area contributed by atoms with Gasteiger partial charge in [-0.1, -0.05) is 19.8 Å². The molecule has 1 aliphatic rings. The number of esters is 1. The Morgan fingerprint density at radius 1 is 1.61 bits per heavy atom. The third kappa shape index (κ3) is 3.62. The highest BCUT2D eigenvalue weighted by atomic mass is 19.1. The molecule has 1 saturated heterocycles. The topological polar surface area (TPSA) is 135 Å². The van der Waals surface area contributed by atoms with Gasteiger partial charge in [0.15, 0.2) is 29.4 Å². The quantitative estimate of drug-likeness (QED) is 0.235. The van der Waals surface area contributed by atoms with Crippen molar-refractivity contribution in [3.63, 3.8) is 0 Å². The molecule has 0 unspecified atom stereocenters. The van der Waals surface area contributed by atoms with Crippen molar-refractivity contribution < 1.29 is 28.5 Å². The van der Waals surface area contributed by atoms with Gasteiger partial charge in [-0.3, -0.25) is 9.36 Å². The number of hydrogen-bond donors (Lipinski definition) is 2. The summed E-state index contributed by atoms with van der Waals surface area (Å²) in [6.07, 6.45) is 4.12. The lowest BCUT2D eigenvalue weighted by Gasteiger charge is -2.26. The summed E-state index contributed by atoms with van der Waals surface area (Å²) in [4.78, 5) is 22.6. The SMILES string of the molecule is C#C[C@]1(COCOC(=O)C(C)C)O[C@@H](n2cnc3c(N)nc(F)nc32)C[C@H]1O. The molecule has 0 aliphatic carbocycles. The van der Waals surface area contributed by atoms with Crippen LogP contribution in [0.3, 0.4) is 0 Å². The molecule has 0 bridgehead atoms. The van der Waals surface area contributed by atoms with Crippen molar-refractivity contribution in [3.8, 4) is 12.3 Å². The molecule has 11 heteroatoms. The van der Waals surface area contributed by atoms with E-state index >= 15 is 0 Å². The number of halogens is 1. The molecule has 3 atom stereocenters. The van der Waals surface area contributed by atoms with Crippen molar-refractivity contribution in [1.82, 2.24) is 19.5 Å². The standard InChI is InChI=1S/C17H20FN5O5/c1-4-17(6-26-8-27-15(25)9(2)3)10(24)5-11(28-17)23-7-20-12-13(19)21-16(18)22-14(12)23/h1,7,9-11,24H,5-6,8H2,2-3H3,(H2,19,21,22)/t10-,11-,17-/m1/s1. The number of nitrogens with zero attached hydrogens (tertiary/aromatic N) is 4. The summed E-state index contributed by atoms with van der Waals surface area (Å²) in [6, 6.07) is 0. The molecular weight excluding hydrogens is 373 g/mol. The summed E-state index contributed by atoms with van der Waals surface area (Å²) < 4.78 is 31.0. The van der Waals surface area contributed by atoms with E-state index in [2.05, 4.69) is 20.9 Å². The lowest BCUT2D eigenvalue weighted by molar-refractivity contribution is -0.170. The van der Waals surface area contributed by atoms with Gasteiger partial charge in [0, 0.05) is 6.42 Å². The predicted octanol–water partition coefficient (Wildman–Crippen LogP) is 0.373. The third-order valence-electron chi connectivity index (χ3n) is 4.36. The number of aliphatic hydroxyl groups is 1. The van der Waals surface area contributed by atoms with Crippen molar-refractivity contribution >= 4 is 23.0 Å². The second-order valence-electron chi connectivity index (χ2n) is 6.64. The summed E-state index contributed by atoms with van der Waals surface area (Å²) >= 11 is 0. The van der Waals surface area contributed by atoms with Gasteiger partial charge in [-0.05, 0) is 0 Å². The minimum Gasteiger partial charge on any atom is -0.438 e. The Morgan fingerprint density at radius 2 is 2.36 bits per heavy atom. The number of ether oxygens (including phenoxy) is 3. The number of carbonyl (C=O) groups is 1. The van der Waals surface area contributed by atoms with E-state index < -0.39 is 30.0 Å². The molecule has 3 heterocycles. The largest absolute Gasteiger partial charge is 0.438 e. The Morgan fingerprint density at radius 3 is 3.04 bits per heavy atom. The van der Waals surface area contributed by atoms with Gasteiger partial charge in [0.1, 0.15) is 12.3 Å². The molecule has 0 saturated carbocycles. The molecule has 2 aromatic heterocycles. The Bertz CT molecular complexity index is 927. The average Bonchev–Trinajstić information content (AvgIpc) is 3.20. The van der Waals surface area contributed by atoms with Crippen LogP contribution < -0.4 is 5.73 Å². The number of terminal acetylenes is 1. The fourth-order valence-corrected chi connectivity index (χ4v) is 2.80. The summed E-state index contributed by atoms with van der Waals surface area (Å²) in [5.74, 6) is 1.56. The smallest absolute Gasteiger partial charge is 0.312 e. The molecule has 3 N–H and O–H groups in total. The van der Waals surface area contributed by atoms with Crippen molar-refractivity contribution in [1.29, 1.82) is 0 Å². The average molecular weight is 393 g/mol. The monoisotopic (exact) mass is 393 g/mol. The lowest BCUT2D eigenvalue weighted by Crippen LogP contribution is -2.43. The van der Waals surface area contributed by atoms with E-state index in [1.54, 1.807) is 13.8 Å². The zero-order chi connectivity index (χ0) is 20.5. The van der Waals surface area contributed by atoms with Crippen LogP contribution in [0.25, 0.3) is 11.2 Å². The zero-order valence-electron chi connectivity index (χ0n) is 15.3. The van der Waals surface area contributed by atoms with Gasteiger partial charge in [0.2, 0.25) is 0 Å². The number of imidazole rings is 1. The van der Waals surface area contributed by atoms with Crippen molar-refractivity contribution in [2.45, 2.75) is 38.2 Å². The van der Waals surface area contributed by atoms with Gasteiger partial charge in [-0.25, -0.2) is 4.98 Å². The first-order valence-corrected chi connectivity index (χ1v) is 8.51. The molecule has 150 valence electrons. The van der Waals surface area contributed by atoms with E-state index in [9.17, 15) is 14.3 Å². The van der Waals surface area contributed by atoms with E-state index in [0.717, 1.165) is 0 Å². The highest BCUT2D eigenvalue weighted by Crippen LogP contribution is 2.38. The predicted molar refractivity (Wildman–Crippen MR) is 93.8 cm³/mol. The Balaban J connectivity index is 1.74. The fraction of sp³-hybridized carbons (Fsp3) is 0.529. The van der Waals surface area contributed by atoms with Crippen LogP contribution in [-0.2, 0) is 19.0 Å². The number of hydrogen-bond acceptors (Lipinski definition) is 9. The van der Waals surface area contributed by atoms with Crippen molar-refractivity contribution in [2.75, 3.05) is 19.1 Å². The van der Waals surface area contributed by atoms with E-state index in [-0.39, 0.29) is 42.7 Å². The van der Waals surface area contributed by atoms with Crippen LogP contribution in [0.15, 0.2) is 6.33 Å². The van der Waals surface area contributed by atoms with Gasteiger partial charge in [-0.15, -0.1) is 6.42 Å². The maximum Gasteiger partial charge on any atom is 0.312 e. The second kappa shape index (κ2) is 7.67.